The number of carbonyl (C=O) groups is 1. The standard InChI is InChI=1S/C30H30O4/c1-4-33-29(30(31)32-3)26-19(2)17-24(20-9-6-5-7-10-20)27(21-12-13-21)28(26)23-14-15-25-22(18-23)11-8-16-34-25/h4-7,9-10,14-15,17-18,21,29H,1,8,11-13,16H2,2-3H3. The van der Waals surface area contributed by atoms with Crippen molar-refractivity contribution in [2.24, 2.45) is 0 Å². The second-order valence-corrected chi connectivity index (χ2v) is 9.06. The van der Waals surface area contributed by atoms with Crippen LogP contribution in [0.4, 0.5) is 0 Å². The fourth-order valence-electron chi connectivity index (χ4n) is 5.11. The third-order valence-electron chi connectivity index (χ3n) is 6.79. The van der Waals surface area contributed by atoms with E-state index < -0.39 is 12.1 Å². The van der Waals surface area contributed by atoms with Crippen LogP contribution in [0.2, 0.25) is 0 Å². The van der Waals surface area contributed by atoms with Crippen molar-refractivity contribution in [3.05, 3.63) is 89.7 Å². The van der Waals surface area contributed by atoms with E-state index in [0.717, 1.165) is 60.3 Å². The van der Waals surface area contributed by atoms with Gasteiger partial charge in [0.1, 0.15) is 5.75 Å². The minimum absolute atomic E-state index is 0.431. The first-order chi connectivity index (χ1) is 16.6. The lowest BCUT2D eigenvalue weighted by molar-refractivity contribution is -0.151. The largest absolute Gasteiger partial charge is 0.493 e. The summed E-state index contributed by atoms with van der Waals surface area (Å²) in [5.41, 5.74) is 8.89. The minimum atomic E-state index is -0.882. The monoisotopic (exact) mass is 454 g/mol. The predicted molar refractivity (Wildman–Crippen MR) is 134 cm³/mol. The molecule has 1 atom stereocenters. The lowest BCUT2D eigenvalue weighted by Gasteiger charge is -2.27. The van der Waals surface area contributed by atoms with Crippen LogP contribution >= 0.6 is 0 Å². The number of hydrogen-bond donors (Lipinski definition) is 0. The summed E-state index contributed by atoms with van der Waals surface area (Å²) < 4.78 is 16.8. The Hall–Kier alpha value is -3.53. The van der Waals surface area contributed by atoms with Gasteiger partial charge >= 0.3 is 5.97 Å². The van der Waals surface area contributed by atoms with Gasteiger partial charge in [-0.2, -0.15) is 0 Å². The maximum absolute atomic E-state index is 12.9. The molecular formula is C30H30O4. The van der Waals surface area contributed by atoms with Crippen molar-refractivity contribution < 1.29 is 19.0 Å². The second kappa shape index (κ2) is 9.38. The van der Waals surface area contributed by atoms with Gasteiger partial charge in [-0.15, -0.1) is 0 Å². The molecule has 1 fully saturated rings. The summed E-state index contributed by atoms with van der Waals surface area (Å²) in [6.07, 6.45) is 4.70. The molecule has 0 saturated heterocycles. The van der Waals surface area contributed by atoms with Crippen molar-refractivity contribution in [3.63, 3.8) is 0 Å². The average Bonchev–Trinajstić information content (AvgIpc) is 3.72. The van der Waals surface area contributed by atoms with Gasteiger partial charge in [-0.25, -0.2) is 4.79 Å². The summed E-state index contributed by atoms with van der Waals surface area (Å²) >= 11 is 0. The molecule has 3 aromatic rings. The summed E-state index contributed by atoms with van der Waals surface area (Å²) in [5.74, 6) is 0.964. The number of rotatable bonds is 7. The first-order valence-corrected chi connectivity index (χ1v) is 12.0. The molecule has 4 heteroatoms. The van der Waals surface area contributed by atoms with Gasteiger partial charge in [0.25, 0.3) is 0 Å². The molecule has 1 heterocycles. The molecule has 0 spiro atoms. The van der Waals surface area contributed by atoms with Crippen LogP contribution in [0.1, 0.15) is 53.5 Å². The lowest BCUT2D eigenvalue weighted by atomic mass is 9.81. The quantitative estimate of drug-likeness (QED) is 0.288. The Morgan fingerprint density at radius 1 is 1.12 bits per heavy atom. The summed E-state index contributed by atoms with van der Waals surface area (Å²) in [4.78, 5) is 12.9. The Bertz CT molecular complexity index is 1220. The molecule has 0 radical (unpaired) electrons. The first-order valence-electron chi connectivity index (χ1n) is 12.0. The molecule has 2 aliphatic rings. The molecule has 34 heavy (non-hydrogen) atoms. The molecule has 0 amide bonds. The second-order valence-electron chi connectivity index (χ2n) is 9.06. The van der Waals surface area contributed by atoms with Crippen molar-refractivity contribution in [2.45, 2.75) is 44.6 Å². The number of fused-ring (bicyclic) bond motifs is 1. The van der Waals surface area contributed by atoms with Gasteiger partial charge in [-0.3, -0.25) is 0 Å². The van der Waals surface area contributed by atoms with Crippen LogP contribution in [0.15, 0.2) is 67.4 Å². The highest BCUT2D eigenvalue weighted by Crippen LogP contribution is 2.52. The van der Waals surface area contributed by atoms with Gasteiger partial charge in [0.2, 0.25) is 6.10 Å². The van der Waals surface area contributed by atoms with E-state index in [9.17, 15) is 4.79 Å². The summed E-state index contributed by atoms with van der Waals surface area (Å²) in [7, 11) is 1.40. The van der Waals surface area contributed by atoms with Crippen LogP contribution in [0.25, 0.3) is 22.3 Å². The molecule has 5 rings (SSSR count). The zero-order chi connectivity index (χ0) is 23.7. The van der Waals surface area contributed by atoms with Crippen LogP contribution < -0.4 is 4.74 Å². The molecule has 174 valence electrons. The van der Waals surface area contributed by atoms with Crippen molar-refractivity contribution in [1.29, 1.82) is 0 Å². The van der Waals surface area contributed by atoms with E-state index in [1.54, 1.807) is 0 Å². The number of aryl methyl sites for hydroxylation is 2. The third kappa shape index (κ3) is 4.09. The van der Waals surface area contributed by atoms with Gasteiger partial charge in [0.05, 0.1) is 20.0 Å². The predicted octanol–water partition coefficient (Wildman–Crippen LogP) is 6.91. The normalized spacial score (nSPS) is 15.6. The molecular weight excluding hydrogens is 424 g/mol. The Labute approximate surface area is 201 Å². The lowest BCUT2D eigenvalue weighted by Crippen LogP contribution is -2.19. The van der Waals surface area contributed by atoms with E-state index in [4.69, 9.17) is 14.2 Å². The highest BCUT2D eigenvalue weighted by Gasteiger charge is 2.36. The van der Waals surface area contributed by atoms with Crippen LogP contribution in [-0.2, 0) is 20.7 Å². The van der Waals surface area contributed by atoms with Crippen LogP contribution in [-0.4, -0.2) is 19.7 Å². The fourth-order valence-corrected chi connectivity index (χ4v) is 5.11. The van der Waals surface area contributed by atoms with Gasteiger partial charge in [0.15, 0.2) is 0 Å². The van der Waals surface area contributed by atoms with Crippen LogP contribution in [0.5, 0.6) is 5.75 Å². The smallest absolute Gasteiger partial charge is 0.351 e. The third-order valence-corrected chi connectivity index (χ3v) is 6.79. The van der Waals surface area contributed by atoms with Gasteiger partial charge < -0.3 is 14.2 Å². The van der Waals surface area contributed by atoms with Crippen molar-refractivity contribution >= 4 is 5.97 Å². The molecule has 0 aromatic heterocycles. The number of methoxy groups -OCH3 is 1. The molecule has 0 N–H and O–H groups in total. The maximum Gasteiger partial charge on any atom is 0.351 e. The van der Waals surface area contributed by atoms with Gasteiger partial charge in [-0.05, 0) is 89.6 Å². The van der Waals surface area contributed by atoms with Crippen LogP contribution in [0.3, 0.4) is 0 Å². The van der Waals surface area contributed by atoms with E-state index in [1.165, 1.54) is 35.6 Å². The SMILES string of the molecule is C=COC(C(=O)OC)c1c(C)cc(-c2ccccc2)c(C2CC2)c1-c1ccc2c(c1)CCCO2. The van der Waals surface area contributed by atoms with Crippen LogP contribution in [0, 0.1) is 6.92 Å². The number of esters is 1. The van der Waals surface area contributed by atoms with E-state index >= 15 is 0 Å². The molecule has 1 aliphatic heterocycles. The zero-order valence-electron chi connectivity index (χ0n) is 19.8. The van der Waals surface area contributed by atoms with E-state index in [-0.39, 0.29) is 0 Å². The molecule has 3 aromatic carbocycles. The van der Waals surface area contributed by atoms with Crippen molar-refractivity contribution in [3.8, 4) is 28.0 Å². The topological polar surface area (TPSA) is 44.8 Å². The number of ether oxygens (including phenoxy) is 3. The number of benzene rings is 3. The Morgan fingerprint density at radius 2 is 1.91 bits per heavy atom. The highest BCUT2D eigenvalue weighted by molar-refractivity contribution is 5.89. The summed E-state index contributed by atoms with van der Waals surface area (Å²) in [6.45, 7) is 6.52. The molecule has 0 bridgehead atoms. The van der Waals surface area contributed by atoms with Gasteiger partial charge in [0, 0.05) is 5.56 Å². The highest BCUT2D eigenvalue weighted by atomic mass is 16.6. The van der Waals surface area contributed by atoms with Crippen molar-refractivity contribution in [1.82, 2.24) is 0 Å². The summed E-state index contributed by atoms with van der Waals surface area (Å²) in [5, 5.41) is 0. The number of carbonyl (C=O) groups excluding carboxylic acids is 1. The van der Waals surface area contributed by atoms with Crippen molar-refractivity contribution in [2.75, 3.05) is 13.7 Å². The fraction of sp³-hybridized carbons (Fsp3) is 0.300. The van der Waals surface area contributed by atoms with E-state index in [2.05, 4.69) is 55.1 Å². The molecule has 4 nitrogen and oxygen atoms in total. The summed E-state index contributed by atoms with van der Waals surface area (Å²) in [6, 6.07) is 19.1. The van der Waals surface area contributed by atoms with E-state index in [1.807, 2.05) is 13.0 Å². The zero-order valence-corrected chi connectivity index (χ0v) is 19.8. The first kappa shape index (κ1) is 22.3. The Morgan fingerprint density at radius 3 is 2.62 bits per heavy atom. The Kier molecular flexibility index (Phi) is 6.14. The number of hydrogen-bond acceptors (Lipinski definition) is 4. The van der Waals surface area contributed by atoms with E-state index in [0.29, 0.717) is 5.92 Å². The average molecular weight is 455 g/mol. The molecule has 1 unspecified atom stereocenters. The maximum atomic E-state index is 12.9. The van der Waals surface area contributed by atoms with Gasteiger partial charge in [-0.1, -0.05) is 49.0 Å². The minimum Gasteiger partial charge on any atom is -0.493 e. The Balaban J connectivity index is 1.82. The molecule has 1 aliphatic carbocycles. The molecule has 1 saturated carbocycles.